The number of rotatable bonds is 3. The van der Waals surface area contributed by atoms with Crippen molar-refractivity contribution < 1.29 is 17.6 Å². The lowest BCUT2D eigenvalue weighted by Gasteiger charge is -2.30. The molecule has 1 fully saturated rings. The summed E-state index contributed by atoms with van der Waals surface area (Å²) in [6.45, 7) is 8.44. The zero-order valence-corrected chi connectivity index (χ0v) is 19.1. The summed E-state index contributed by atoms with van der Waals surface area (Å²) in [6.07, 6.45) is -2.97. The van der Waals surface area contributed by atoms with E-state index >= 15 is 0 Å². The van der Waals surface area contributed by atoms with Gasteiger partial charge in [-0.25, -0.2) is 19.2 Å². The van der Waals surface area contributed by atoms with Crippen molar-refractivity contribution in [3.63, 3.8) is 0 Å². The van der Waals surface area contributed by atoms with E-state index in [1.807, 2.05) is 4.90 Å². The van der Waals surface area contributed by atoms with E-state index in [0.717, 1.165) is 18.9 Å². The van der Waals surface area contributed by atoms with Gasteiger partial charge in [-0.15, -0.1) is 0 Å². The Bertz CT molecular complexity index is 1480. The summed E-state index contributed by atoms with van der Waals surface area (Å²) in [5, 5.41) is 0.483. The Kier molecular flexibility index (Phi) is 6.06. The summed E-state index contributed by atoms with van der Waals surface area (Å²) in [4.78, 5) is 14.6. The second-order valence-corrected chi connectivity index (χ2v) is 8.75. The molecule has 0 aliphatic carbocycles. The first kappa shape index (κ1) is 23.7. The average Bonchev–Trinajstić information content (AvgIpc) is 2.87. The van der Waals surface area contributed by atoms with Gasteiger partial charge in [-0.05, 0) is 48.2 Å². The van der Waals surface area contributed by atoms with Crippen LogP contribution in [0.25, 0.3) is 38.1 Å². The fourth-order valence-corrected chi connectivity index (χ4v) is 4.47. The van der Waals surface area contributed by atoms with Crippen LogP contribution in [0.3, 0.4) is 0 Å². The number of alkyl halides is 3. The minimum Gasteiger partial charge on any atom is -0.341 e. The van der Waals surface area contributed by atoms with Gasteiger partial charge in [0.2, 0.25) is 11.6 Å². The van der Waals surface area contributed by atoms with E-state index in [1.54, 1.807) is 30.3 Å². The smallest absolute Gasteiger partial charge is 0.341 e. The van der Waals surface area contributed by atoms with Crippen LogP contribution >= 0.6 is 0 Å². The molecule has 5 nitrogen and oxygen atoms in total. The van der Waals surface area contributed by atoms with Gasteiger partial charge >= 0.3 is 6.18 Å². The molecule has 0 unspecified atom stereocenters. The molecule has 2 heterocycles. The number of aromatic nitrogens is 2. The Morgan fingerprint density at radius 1 is 0.944 bits per heavy atom. The van der Waals surface area contributed by atoms with Crippen LogP contribution in [-0.2, 0) is 6.18 Å². The maximum Gasteiger partial charge on any atom is 0.417 e. The van der Waals surface area contributed by atoms with Gasteiger partial charge in [0.05, 0.1) is 23.3 Å². The first-order valence-electron chi connectivity index (χ1n) is 11.4. The molecule has 182 valence electrons. The molecule has 36 heavy (non-hydrogen) atoms. The van der Waals surface area contributed by atoms with Crippen LogP contribution in [-0.4, -0.2) is 29.1 Å². The second kappa shape index (κ2) is 9.21. The topological polar surface area (TPSA) is 59.4 Å². The normalized spacial score (nSPS) is 14.7. The van der Waals surface area contributed by atoms with Crippen molar-refractivity contribution in [2.24, 2.45) is 5.73 Å². The van der Waals surface area contributed by atoms with Gasteiger partial charge in [-0.3, -0.25) is 0 Å². The Labute approximate surface area is 205 Å². The van der Waals surface area contributed by atoms with E-state index in [4.69, 9.17) is 17.3 Å². The predicted molar refractivity (Wildman–Crippen MR) is 131 cm³/mol. The number of halogens is 4. The van der Waals surface area contributed by atoms with E-state index < -0.39 is 17.6 Å². The third kappa shape index (κ3) is 4.48. The molecule has 3 aromatic carbocycles. The first-order valence-corrected chi connectivity index (χ1v) is 11.4. The molecule has 0 bridgehead atoms. The summed E-state index contributed by atoms with van der Waals surface area (Å²) in [6, 6.07) is 14.5. The van der Waals surface area contributed by atoms with E-state index in [1.165, 1.54) is 24.3 Å². The number of hydrogen-bond donors (Lipinski definition) is 1. The zero-order valence-electron chi connectivity index (χ0n) is 19.1. The Morgan fingerprint density at radius 2 is 1.67 bits per heavy atom. The van der Waals surface area contributed by atoms with Crippen molar-refractivity contribution in [2.75, 3.05) is 18.0 Å². The molecule has 0 atom stereocenters. The minimum atomic E-state index is -4.53. The van der Waals surface area contributed by atoms with Crippen LogP contribution in [0.5, 0.6) is 0 Å². The Hall–Kier alpha value is -4.03. The molecule has 1 aliphatic rings. The lowest BCUT2D eigenvalue weighted by atomic mass is 9.96. The monoisotopic (exact) mass is 491 g/mol. The summed E-state index contributed by atoms with van der Waals surface area (Å²) in [5.41, 5.74) is 6.84. The van der Waals surface area contributed by atoms with Gasteiger partial charge in [0, 0.05) is 30.1 Å². The van der Waals surface area contributed by atoms with Crippen LogP contribution in [0.1, 0.15) is 18.4 Å². The molecule has 4 aromatic rings. The maximum atomic E-state index is 14.6. The van der Waals surface area contributed by atoms with Gasteiger partial charge in [0.25, 0.3) is 0 Å². The van der Waals surface area contributed by atoms with Crippen LogP contribution in [0.4, 0.5) is 29.2 Å². The van der Waals surface area contributed by atoms with E-state index in [-0.39, 0.29) is 17.3 Å². The summed E-state index contributed by atoms with van der Waals surface area (Å²) < 4.78 is 55.6. The van der Waals surface area contributed by atoms with Crippen LogP contribution < -0.4 is 10.6 Å². The van der Waals surface area contributed by atoms with E-state index in [0.29, 0.717) is 46.8 Å². The average molecular weight is 491 g/mol. The molecular weight excluding hydrogens is 470 g/mol. The number of benzene rings is 3. The standard InChI is InChI=1S/C27H21F4N5/c1-33-24-9-7-17(15-22(24)28)25-20-14-16(19-4-2-3-5-21(19)27(29,30)31)6-8-23(20)34-26(35-25)36-12-10-18(32)11-13-36/h2-9,14-15,18H,10-13,32H2. The lowest BCUT2D eigenvalue weighted by Crippen LogP contribution is -2.40. The number of anilines is 1. The number of piperidine rings is 1. The number of fused-ring (bicyclic) bond motifs is 1. The third-order valence-corrected chi connectivity index (χ3v) is 6.39. The van der Waals surface area contributed by atoms with Crippen LogP contribution in [0.15, 0.2) is 60.7 Å². The van der Waals surface area contributed by atoms with Gasteiger partial charge < -0.3 is 10.6 Å². The highest BCUT2D eigenvalue weighted by atomic mass is 19.4. The van der Waals surface area contributed by atoms with Crippen molar-refractivity contribution in [1.29, 1.82) is 0 Å². The maximum absolute atomic E-state index is 14.6. The van der Waals surface area contributed by atoms with Crippen LogP contribution in [0, 0.1) is 12.4 Å². The predicted octanol–water partition coefficient (Wildman–Crippen LogP) is 6.60. The zero-order chi connectivity index (χ0) is 25.4. The molecule has 0 saturated carbocycles. The molecule has 0 amide bonds. The molecule has 0 radical (unpaired) electrons. The van der Waals surface area contributed by atoms with Gasteiger partial charge in [-0.2, -0.15) is 13.2 Å². The Balaban J connectivity index is 1.71. The highest BCUT2D eigenvalue weighted by Gasteiger charge is 2.33. The van der Waals surface area contributed by atoms with Gasteiger partial charge in [0.15, 0.2) is 0 Å². The molecule has 0 spiro atoms. The molecular formula is C27H21F4N5. The van der Waals surface area contributed by atoms with Crippen molar-refractivity contribution in [1.82, 2.24) is 9.97 Å². The van der Waals surface area contributed by atoms with E-state index in [9.17, 15) is 17.6 Å². The molecule has 1 aromatic heterocycles. The summed E-state index contributed by atoms with van der Waals surface area (Å²) in [5.74, 6) is -0.249. The quantitative estimate of drug-likeness (QED) is 0.259. The second-order valence-electron chi connectivity index (χ2n) is 8.75. The highest BCUT2D eigenvalue weighted by molar-refractivity contribution is 5.96. The van der Waals surface area contributed by atoms with Crippen molar-refractivity contribution in [2.45, 2.75) is 25.1 Å². The molecule has 9 heteroatoms. The van der Waals surface area contributed by atoms with Crippen molar-refractivity contribution >= 4 is 22.5 Å². The first-order chi connectivity index (χ1) is 17.2. The van der Waals surface area contributed by atoms with Gasteiger partial charge in [0.1, 0.15) is 5.82 Å². The largest absolute Gasteiger partial charge is 0.417 e. The fraction of sp³-hybridized carbons (Fsp3) is 0.222. The third-order valence-electron chi connectivity index (χ3n) is 6.39. The van der Waals surface area contributed by atoms with Crippen LogP contribution in [0.2, 0.25) is 0 Å². The summed E-state index contributed by atoms with van der Waals surface area (Å²) >= 11 is 0. The van der Waals surface area contributed by atoms with E-state index in [2.05, 4.69) is 9.83 Å². The van der Waals surface area contributed by atoms with Crippen molar-refractivity contribution in [3.8, 4) is 22.4 Å². The minimum absolute atomic E-state index is 0.0291. The lowest BCUT2D eigenvalue weighted by molar-refractivity contribution is -0.137. The number of nitrogens with two attached hydrogens (primary N) is 1. The molecule has 5 rings (SSSR count). The highest BCUT2D eigenvalue weighted by Crippen LogP contribution is 2.39. The van der Waals surface area contributed by atoms with Gasteiger partial charge in [-0.1, -0.05) is 36.4 Å². The number of hydrogen-bond acceptors (Lipinski definition) is 4. The van der Waals surface area contributed by atoms with Crippen molar-refractivity contribution in [3.05, 3.63) is 83.5 Å². The molecule has 1 saturated heterocycles. The number of nitrogens with zero attached hydrogens (tertiary/aromatic N) is 4. The Morgan fingerprint density at radius 3 is 2.36 bits per heavy atom. The molecule has 1 aliphatic heterocycles. The molecule has 2 N–H and O–H groups in total. The fourth-order valence-electron chi connectivity index (χ4n) is 4.47. The summed E-state index contributed by atoms with van der Waals surface area (Å²) in [7, 11) is 0. The SMILES string of the molecule is [C-]#[N+]c1ccc(-c2nc(N3CCC(N)CC3)nc3ccc(-c4ccccc4C(F)(F)F)cc23)cc1F.